The Morgan fingerprint density at radius 2 is 1.59 bits per heavy atom. The van der Waals surface area contributed by atoms with E-state index in [-0.39, 0.29) is 5.91 Å². The second-order valence-corrected chi connectivity index (χ2v) is 8.82. The number of imidazole rings is 1. The van der Waals surface area contributed by atoms with Gasteiger partial charge >= 0.3 is 0 Å². The summed E-state index contributed by atoms with van der Waals surface area (Å²) in [5.74, 6) is 1.24. The third-order valence-corrected chi connectivity index (χ3v) is 6.22. The van der Waals surface area contributed by atoms with Crippen LogP contribution in [0.25, 0.3) is 11.0 Å². The van der Waals surface area contributed by atoms with Gasteiger partial charge in [-0.2, -0.15) is 0 Å². The van der Waals surface area contributed by atoms with Gasteiger partial charge in [0.15, 0.2) is 0 Å². The maximum atomic E-state index is 12.3. The molecule has 32 heavy (non-hydrogen) atoms. The highest BCUT2D eigenvalue weighted by molar-refractivity contribution is 5.95. The van der Waals surface area contributed by atoms with Crippen molar-refractivity contribution in [3.63, 3.8) is 0 Å². The van der Waals surface area contributed by atoms with Crippen LogP contribution in [0.2, 0.25) is 0 Å². The summed E-state index contributed by atoms with van der Waals surface area (Å²) in [4.78, 5) is 17.3. The first kappa shape index (κ1) is 24.0. The van der Waals surface area contributed by atoms with Crippen molar-refractivity contribution in [1.82, 2.24) is 14.9 Å². The zero-order valence-electron chi connectivity index (χ0n) is 19.9. The van der Waals surface area contributed by atoms with Crippen molar-refractivity contribution in [3.05, 3.63) is 65.5 Å². The summed E-state index contributed by atoms with van der Waals surface area (Å²) in [7, 11) is 0. The molecule has 2 aromatic carbocycles. The number of unbranched alkanes of at least 4 members (excludes halogenated alkanes) is 7. The quantitative estimate of drug-likeness (QED) is 0.283. The molecule has 0 aliphatic carbocycles. The molecule has 1 aromatic heterocycles. The van der Waals surface area contributed by atoms with E-state index in [1.165, 1.54) is 49.9 Å². The van der Waals surface area contributed by atoms with Gasteiger partial charge in [0, 0.05) is 25.1 Å². The second kappa shape index (κ2) is 13.0. The molecular weight excluding hydrogens is 394 g/mol. The Morgan fingerprint density at radius 1 is 0.875 bits per heavy atom. The van der Waals surface area contributed by atoms with Gasteiger partial charge in [0.1, 0.15) is 5.82 Å². The molecule has 3 aromatic rings. The SMILES string of the molecule is CCCCCCCCn1c(CCCCCNC(=O)c2ccccc2C)nc2ccccc21. The fourth-order valence-electron chi connectivity index (χ4n) is 4.33. The minimum Gasteiger partial charge on any atom is -0.352 e. The van der Waals surface area contributed by atoms with E-state index in [4.69, 9.17) is 4.98 Å². The van der Waals surface area contributed by atoms with Crippen LogP contribution in [-0.4, -0.2) is 22.0 Å². The summed E-state index contributed by atoms with van der Waals surface area (Å²) in [5, 5.41) is 3.06. The normalized spacial score (nSPS) is 11.2. The lowest BCUT2D eigenvalue weighted by atomic mass is 10.1. The van der Waals surface area contributed by atoms with Crippen LogP contribution in [0.3, 0.4) is 0 Å². The first-order chi connectivity index (χ1) is 15.7. The summed E-state index contributed by atoms with van der Waals surface area (Å²) < 4.78 is 2.44. The van der Waals surface area contributed by atoms with E-state index in [2.05, 4.69) is 41.1 Å². The van der Waals surface area contributed by atoms with Crippen molar-refractivity contribution in [3.8, 4) is 0 Å². The number of aromatic nitrogens is 2. The van der Waals surface area contributed by atoms with E-state index >= 15 is 0 Å². The van der Waals surface area contributed by atoms with Crippen molar-refractivity contribution in [2.24, 2.45) is 0 Å². The Balaban J connectivity index is 1.44. The number of nitrogens with one attached hydrogen (secondary N) is 1. The zero-order chi connectivity index (χ0) is 22.6. The number of hydrogen-bond donors (Lipinski definition) is 1. The topological polar surface area (TPSA) is 46.9 Å². The van der Waals surface area contributed by atoms with E-state index in [1.807, 2.05) is 31.2 Å². The molecule has 0 bridgehead atoms. The van der Waals surface area contributed by atoms with Gasteiger partial charge in [-0.1, -0.05) is 75.8 Å². The van der Waals surface area contributed by atoms with Gasteiger partial charge in [-0.25, -0.2) is 4.98 Å². The van der Waals surface area contributed by atoms with Crippen molar-refractivity contribution in [2.45, 2.75) is 84.6 Å². The number of nitrogens with zero attached hydrogens (tertiary/aromatic N) is 2. The van der Waals surface area contributed by atoms with Gasteiger partial charge in [0.05, 0.1) is 11.0 Å². The number of para-hydroxylation sites is 2. The lowest BCUT2D eigenvalue weighted by Gasteiger charge is -2.10. The molecule has 172 valence electrons. The predicted molar refractivity (Wildman–Crippen MR) is 134 cm³/mol. The fourth-order valence-corrected chi connectivity index (χ4v) is 4.33. The molecule has 0 unspecified atom stereocenters. The molecule has 0 aliphatic rings. The van der Waals surface area contributed by atoms with Crippen molar-refractivity contribution in [1.29, 1.82) is 0 Å². The number of rotatable bonds is 14. The number of hydrogen-bond acceptors (Lipinski definition) is 2. The van der Waals surface area contributed by atoms with Gasteiger partial charge in [-0.15, -0.1) is 0 Å². The first-order valence-electron chi connectivity index (χ1n) is 12.5. The number of carbonyl (C=O) groups excluding carboxylic acids is 1. The average Bonchev–Trinajstić information content (AvgIpc) is 3.16. The minimum absolute atomic E-state index is 0.0313. The molecule has 1 N–H and O–H groups in total. The molecule has 0 spiro atoms. The monoisotopic (exact) mass is 433 g/mol. The van der Waals surface area contributed by atoms with Crippen LogP contribution in [0, 0.1) is 6.92 Å². The molecule has 0 atom stereocenters. The number of amides is 1. The maximum absolute atomic E-state index is 12.3. The smallest absolute Gasteiger partial charge is 0.251 e. The third-order valence-electron chi connectivity index (χ3n) is 6.22. The number of aryl methyl sites for hydroxylation is 3. The molecule has 0 saturated heterocycles. The molecule has 0 fully saturated rings. The molecule has 0 radical (unpaired) electrons. The third kappa shape index (κ3) is 6.94. The van der Waals surface area contributed by atoms with Crippen LogP contribution in [0.1, 0.15) is 86.5 Å². The zero-order valence-corrected chi connectivity index (χ0v) is 19.9. The molecule has 3 rings (SSSR count). The van der Waals surface area contributed by atoms with Crippen molar-refractivity contribution in [2.75, 3.05) is 6.54 Å². The van der Waals surface area contributed by atoms with Gasteiger partial charge in [0.25, 0.3) is 5.91 Å². The molecule has 1 heterocycles. The highest BCUT2D eigenvalue weighted by atomic mass is 16.1. The molecule has 0 aliphatic heterocycles. The van der Waals surface area contributed by atoms with Crippen LogP contribution < -0.4 is 5.32 Å². The van der Waals surface area contributed by atoms with E-state index in [0.717, 1.165) is 55.4 Å². The Kier molecular flexibility index (Phi) is 9.80. The molecule has 1 amide bonds. The van der Waals surface area contributed by atoms with Crippen LogP contribution in [0.4, 0.5) is 0 Å². The van der Waals surface area contributed by atoms with Gasteiger partial charge < -0.3 is 9.88 Å². The van der Waals surface area contributed by atoms with Crippen LogP contribution >= 0.6 is 0 Å². The molecule has 4 heteroatoms. The Labute approximate surface area is 193 Å². The Hall–Kier alpha value is -2.62. The van der Waals surface area contributed by atoms with Gasteiger partial charge in [-0.3, -0.25) is 4.79 Å². The lowest BCUT2D eigenvalue weighted by Crippen LogP contribution is -2.25. The van der Waals surface area contributed by atoms with E-state index in [1.54, 1.807) is 0 Å². The van der Waals surface area contributed by atoms with E-state index in [9.17, 15) is 4.79 Å². The van der Waals surface area contributed by atoms with E-state index in [0.29, 0.717) is 0 Å². The second-order valence-electron chi connectivity index (χ2n) is 8.82. The number of carbonyl (C=O) groups is 1. The first-order valence-corrected chi connectivity index (χ1v) is 12.5. The van der Waals surface area contributed by atoms with Crippen LogP contribution in [-0.2, 0) is 13.0 Å². The van der Waals surface area contributed by atoms with E-state index < -0.39 is 0 Å². The highest BCUT2D eigenvalue weighted by Gasteiger charge is 2.10. The lowest BCUT2D eigenvalue weighted by molar-refractivity contribution is 0.0952. The summed E-state index contributed by atoms with van der Waals surface area (Å²) in [6.07, 6.45) is 12.0. The number of benzene rings is 2. The molecule has 0 saturated carbocycles. The average molecular weight is 434 g/mol. The molecule has 4 nitrogen and oxygen atoms in total. The van der Waals surface area contributed by atoms with Crippen molar-refractivity contribution < 1.29 is 4.79 Å². The Morgan fingerprint density at radius 3 is 2.44 bits per heavy atom. The van der Waals surface area contributed by atoms with Crippen molar-refractivity contribution >= 4 is 16.9 Å². The predicted octanol–water partition coefficient (Wildman–Crippen LogP) is 6.85. The van der Waals surface area contributed by atoms with Crippen LogP contribution in [0.5, 0.6) is 0 Å². The van der Waals surface area contributed by atoms with Crippen LogP contribution in [0.15, 0.2) is 48.5 Å². The Bertz CT molecular complexity index is 976. The number of fused-ring (bicyclic) bond motifs is 1. The van der Waals surface area contributed by atoms with Gasteiger partial charge in [0.2, 0.25) is 0 Å². The van der Waals surface area contributed by atoms with Gasteiger partial charge in [-0.05, 0) is 49.9 Å². The minimum atomic E-state index is 0.0313. The summed E-state index contributed by atoms with van der Waals surface area (Å²) in [5.41, 5.74) is 4.17. The summed E-state index contributed by atoms with van der Waals surface area (Å²) in [6, 6.07) is 16.3. The fraction of sp³-hybridized carbons (Fsp3) is 0.500. The largest absolute Gasteiger partial charge is 0.352 e. The molecular formula is C28H39N3O. The summed E-state index contributed by atoms with van der Waals surface area (Å²) >= 11 is 0. The highest BCUT2D eigenvalue weighted by Crippen LogP contribution is 2.19. The maximum Gasteiger partial charge on any atom is 0.251 e. The standard InChI is InChI=1S/C28H39N3O/c1-3-4-5-6-7-15-22-31-26-19-13-12-18-25(26)30-27(31)20-9-8-14-21-29-28(32)24-17-11-10-16-23(24)2/h10-13,16-19H,3-9,14-15,20-22H2,1-2H3,(H,29,32). The summed E-state index contributed by atoms with van der Waals surface area (Å²) in [6.45, 7) is 6.03.